The third kappa shape index (κ3) is 12.7. The second kappa shape index (κ2) is 29.0. The number of hydrogen-bond donors (Lipinski definition) is 0. The molecule has 0 bridgehead atoms. The van der Waals surface area contributed by atoms with Gasteiger partial charge in [-0.05, 0) is 219 Å². The maximum atomic E-state index is 15.6. The van der Waals surface area contributed by atoms with E-state index in [4.69, 9.17) is 0 Å². The average molecular weight is 1710 g/mol. The average Bonchev–Trinajstić information content (AvgIpc) is 1.55. The summed E-state index contributed by atoms with van der Waals surface area (Å²) in [6.45, 7) is 24.4. The highest BCUT2D eigenvalue weighted by Gasteiger charge is 2.38. The van der Waals surface area contributed by atoms with Crippen LogP contribution in [-0.4, -0.2) is 27.4 Å². The SMILES string of the molecule is CC(C)(C)c1ccc2c(c1)c1cc(C(C)(C)C)ccc1n2-c1cc(C#N)c(-c2ccccc2C(F)(F)F)cc1-n1c2ccc(C(C)(C)C)cc2c2cc(C(C)(C)Cc3ccc4c(c3)c3ccccc3n4-c3ccc4c5ccccc5n(-c5cc(C#N)c(-c6ccccc6C(F)(F)F)cc5-n5c6ccccc6c6ccc(-n7c8ccccc8c8ccccc87)cc65)c4c3)ccc21. The van der Waals surface area contributed by atoms with Gasteiger partial charge in [0, 0.05) is 87.1 Å². The molecule has 0 unspecified atom stereocenters. The van der Waals surface area contributed by atoms with Crippen LogP contribution < -0.4 is 0 Å². The second-order valence-corrected chi connectivity index (χ2v) is 38.7. The number of hydrogen-bond acceptors (Lipinski definition) is 2. The number of aromatic nitrogens is 6. The van der Waals surface area contributed by atoms with Crippen LogP contribution in [0.4, 0.5) is 26.3 Å². The van der Waals surface area contributed by atoms with E-state index >= 15 is 26.3 Å². The van der Waals surface area contributed by atoms with Crippen molar-refractivity contribution in [2.24, 2.45) is 0 Å². The maximum Gasteiger partial charge on any atom is 0.417 e. The van der Waals surface area contributed by atoms with E-state index in [-0.39, 0.29) is 49.6 Å². The van der Waals surface area contributed by atoms with E-state index < -0.39 is 28.9 Å². The molecule has 0 N–H and O–H groups in total. The van der Waals surface area contributed by atoms with E-state index in [0.29, 0.717) is 29.2 Å². The summed E-state index contributed by atoms with van der Waals surface area (Å²) in [5, 5.41) is 35.0. The van der Waals surface area contributed by atoms with Crippen molar-refractivity contribution in [3.8, 4) is 68.5 Å². The van der Waals surface area contributed by atoms with Crippen molar-refractivity contribution in [3.63, 3.8) is 0 Å². The van der Waals surface area contributed by atoms with Crippen LogP contribution >= 0.6 is 0 Å². The Balaban J connectivity index is 0.709. The first-order chi connectivity index (χ1) is 62.3. The van der Waals surface area contributed by atoms with Crippen molar-refractivity contribution >= 4 is 131 Å². The minimum atomic E-state index is -4.75. The number of benzene rings is 16. The number of nitriles is 2. The Morgan fingerprint density at radius 3 is 0.854 bits per heavy atom. The van der Waals surface area contributed by atoms with Gasteiger partial charge in [0.2, 0.25) is 0 Å². The molecule has 0 saturated heterocycles. The molecule has 0 radical (unpaired) electrons. The minimum Gasteiger partial charge on any atom is -0.309 e. The molecule has 0 aliphatic carbocycles. The lowest BCUT2D eigenvalue weighted by Crippen LogP contribution is -2.20. The van der Waals surface area contributed by atoms with Crippen molar-refractivity contribution in [1.82, 2.24) is 27.4 Å². The zero-order valence-electron chi connectivity index (χ0n) is 73.7. The van der Waals surface area contributed by atoms with Gasteiger partial charge in [0.05, 0.1) is 123 Å². The Hall–Kier alpha value is -15.1. The smallest absolute Gasteiger partial charge is 0.309 e. The van der Waals surface area contributed by atoms with Crippen LogP contribution in [0.2, 0.25) is 0 Å². The molecule has 0 amide bonds. The van der Waals surface area contributed by atoms with Crippen LogP contribution in [0.5, 0.6) is 0 Å². The monoisotopic (exact) mass is 1710 g/mol. The Labute approximate surface area is 747 Å². The van der Waals surface area contributed by atoms with Crippen LogP contribution in [0.25, 0.3) is 187 Å². The first-order valence-electron chi connectivity index (χ1n) is 44.1. The first kappa shape index (κ1) is 80.7. The highest BCUT2D eigenvalue weighted by molar-refractivity contribution is 6.17. The van der Waals surface area contributed by atoms with Crippen LogP contribution in [0.1, 0.15) is 126 Å². The fourth-order valence-corrected chi connectivity index (χ4v) is 20.8. The summed E-state index contributed by atoms with van der Waals surface area (Å²) >= 11 is 0. The number of fused-ring (bicyclic) bond motifs is 18. The summed E-state index contributed by atoms with van der Waals surface area (Å²) in [7, 11) is 0. The van der Waals surface area contributed by atoms with Gasteiger partial charge in [-0.15, -0.1) is 0 Å². The molecule has 0 aliphatic heterocycles. The summed E-state index contributed by atoms with van der Waals surface area (Å²) in [4.78, 5) is 0. The van der Waals surface area contributed by atoms with Gasteiger partial charge in [0.1, 0.15) is 0 Å². The van der Waals surface area contributed by atoms with Crippen LogP contribution in [0.15, 0.2) is 322 Å². The molecule has 0 atom stereocenters. The molecule has 14 heteroatoms. The highest BCUT2D eigenvalue weighted by Crippen LogP contribution is 2.51. The molecule has 22 rings (SSSR count). The van der Waals surface area contributed by atoms with E-state index in [9.17, 15) is 10.5 Å². The van der Waals surface area contributed by atoms with Crippen LogP contribution in [0, 0.1) is 22.7 Å². The molecule has 8 nitrogen and oxygen atoms in total. The Morgan fingerprint density at radius 1 is 0.231 bits per heavy atom. The molecule has 0 spiro atoms. The third-order valence-corrected chi connectivity index (χ3v) is 27.2. The van der Waals surface area contributed by atoms with Gasteiger partial charge in [-0.3, -0.25) is 0 Å². The topological polar surface area (TPSA) is 77.2 Å². The molecule has 6 aromatic heterocycles. The summed E-state index contributed by atoms with van der Waals surface area (Å²) in [6, 6.07) is 111. The van der Waals surface area contributed by atoms with E-state index in [1.54, 1.807) is 30.3 Å². The Morgan fingerprint density at radius 2 is 0.500 bits per heavy atom. The maximum absolute atomic E-state index is 15.6. The molecule has 0 saturated carbocycles. The van der Waals surface area contributed by atoms with Gasteiger partial charge < -0.3 is 27.4 Å². The Kier molecular flexibility index (Phi) is 18.0. The zero-order chi connectivity index (χ0) is 89.9. The lowest BCUT2D eigenvalue weighted by Gasteiger charge is -2.26. The number of alkyl halides is 6. The minimum absolute atomic E-state index is 0.0666. The van der Waals surface area contributed by atoms with Crippen molar-refractivity contribution in [1.29, 1.82) is 10.5 Å². The molecule has 6 heterocycles. The lowest BCUT2D eigenvalue weighted by molar-refractivity contribution is -0.137. The predicted octanol–water partition coefficient (Wildman–Crippen LogP) is 31.8. The summed E-state index contributed by atoms with van der Waals surface area (Å²) in [6.07, 6.45) is -8.87. The van der Waals surface area contributed by atoms with Gasteiger partial charge >= 0.3 is 12.4 Å². The molecular weight excluding hydrogens is 1620 g/mol. The molecular formula is C116H88F6N8. The summed E-state index contributed by atoms with van der Waals surface area (Å²) in [5.74, 6) is 0. The predicted molar refractivity (Wildman–Crippen MR) is 522 cm³/mol. The standard InChI is InChI=1S/C116H88F6N8/c1-111(2,3)71-41-50-101-89(57-71)90-58-72(112(4,5)6)42-51-102(90)127(101)107-55-69(66-123)86(77-26-12-19-33-93(77)115(117,118)119)63-109(107)128-103-52-43-73(113(7,8)9)59-91(103)92-60-74(44-53-104(92)128)114(10,11)65-68-40-49-100-88(54-68)83-32-18-23-37-97(83)126(100)76-46-48-84-81-30-16-24-38-98(81)129(105(84)62-76)108-56-70(67-124)87(78-27-13-20-34-94(78)116(120,121)122)64-110(108)130-99-39-25-17-31-82(99)85-47-45-75(61-106(85)130)125-95-35-21-14-28-79(95)80-29-15-22-36-96(80)125/h12-64H,65H2,1-11H3. The second-order valence-electron chi connectivity index (χ2n) is 38.7. The lowest BCUT2D eigenvalue weighted by atomic mass is 9.78. The van der Waals surface area contributed by atoms with Crippen LogP contribution in [0.3, 0.4) is 0 Å². The summed E-state index contributed by atoms with van der Waals surface area (Å²) in [5.41, 5.74) is 17.8. The normalized spacial score (nSPS) is 12.8. The van der Waals surface area contributed by atoms with E-state index in [2.05, 4.69) is 328 Å². The van der Waals surface area contributed by atoms with E-state index in [1.165, 1.54) is 24.3 Å². The number of rotatable bonds is 11. The first-order valence-corrected chi connectivity index (χ1v) is 44.1. The number of halogens is 6. The fourth-order valence-electron chi connectivity index (χ4n) is 20.8. The zero-order valence-corrected chi connectivity index (χ0v) is 73.7. The third-order valence-electron chi connectivity index (χ3n) is 27.2. The van der Waals surface area contributed by atoms with Crippen molar-refractivity contribution in [2.45, 2.75) is 117 Å². The van der Waals surface area contributed by atoms with Gasteiger partial charge in [-0.25, -0.2) is 0 Å². The van der Waals surface area contributed by atoms with Crippen molar-refractivity contribution in [3.05, 3.63) is 372 Å². The van der Waals surface area contributed by atoms with Crippen LogP contribution in [-0.2, 0) is 40.4 Å². The largest absolute Gasteiger partial charge is 0.417 e. The summed E-state index contributed by atoms with van der Waals surface area (Å²) < 4.78 is 107. The van der Waals surface area contributed by atoms with Gasteiger partial charge in [0.15, 0.2) is 0 Å². The van der Waals surface area contributed by atoms with E-state index in [0.717, 1.165) is 182 Å². The number of para-hydroxylation sites is 5. The van der Waals surface area contributed by atoms with Gasteiger partial charge in [0.25, 0.3) is 0 Å². The van der Waals surface area contributed by atoms with Gasteiger partial charge in [-0.2, -0.15) is 36.9 Å². The van der Waals surface area contributed by atoms with Crippen molar-refractivity contribution < 1.29 is 26.3 Å². The molecule has 0 fully saturated rings. The number of nitrogens with zero attached hydrogens (tertiary/aromatic N) is 8. The fraction of sp³-hybridized carbons (Fsp3) is 0.155. The molecule has 130 heavy (non-hydrogen) atoms. The van der Waals surface area contributed by atoms with Gasteiger partial charge in [-0.1, -0.05) is 246 Å². The molecule has 16 aromatic carbocycles. The Bertz CT molecular complexity index is 8560. The highest BCUT2D eigenvalue weighted by atomic mass is 19.4. The van der Waals surface area contributed by atoms with E-state index in [1.807, 2.05) is 42.5 Å². The molecule has 634 valence electrons. The molecule has 0 aliphatic rings. The molecule has 22 aromatic rings. The quantitative estimate of drug-likeness (QED) is 0.121. The van der Waals surface area contributed by atoms with Crippen molar-refractivity contribution in [2.75, 3.05) is 0 Å².